The van der Waals surface area contributed by atoms with Gasteiger partial charge < -0.3 is 10.1 Å². The van der Waals surface area contributed by atoms with Crippen molar-refractivity contribution in [1.82, 2.24) is 5.32 Å². The molecule has 0 bridgehead atoms. The Morgan fingerprint density at radius 2 is 2.19 bits per heavy atom. The second-order valence-electron chi connectivity index (χ2n) is 3.73. The van der Waals surface area contributed by atoms with E-state index in [0.29, 0.717) is 11.6 Å². The summed E-state index contributed by atoms with van der Waals surface area (Å²) in [5.41, 5.74) is 1.74. The van der Waals surface area contributed by atoms with Crippen LogP contribution in [0.1, 0.15) is 34.8 Å². The maximum atomic E-state index is 11.5. The molecule has 1 aromatic rings. The second-order valence-corrected chi connectivity index (χ2v) is 3.73. The molecule has 88 valence electrons. The molecule has 1 heterocycles. The van der Waals surface area contributed by atoms with Crippen LogP contribution in [-0.4, -0.2) is 19.6 Å². The van der Waals surface area contributed by atoms with E-state index in [2.05, 4.69) is 5.32 Å². The second kappa shape index (κ2) is 5.87. The normalized spacial score (nSPS) is 18.9. The van der Waals surface area contributed by atoms with Crippen molar-refractivity contribution in [2.45, 2.75) is 18.9 Å². The third-order valence-corrected chi connectivity index (χ3v) is 2.80. The summed E-state index contributed by atoms with van der Waals surface area (Å²) in [6.45, 7) is 1.03. The summed E-state index contributed by atoms with van der Waals surface area (Å²) in [5, 5.41) is 3.38. The molecule has 16 heavy (non-hydrogen) atoms. The third kappa shape index (κ3) is 2.54. The molecular formula is C12H16ClNO2. The van der Waals surface area contributed by atoms with Crippen molar-refractivity contribution in [3.05, 3.63) is 35.4 Å². The smallest absolute Gasteiger partial charge is 0.338 e. The molecule has 0 aromatic heterocycles. The Morgan fingerprint density at radius 3 is 2.81 bits per heavy atom. The molecule has 0 radical (unpaired) electrons. The van der Waals surface area contributed by atoms with Gasteiger partial charge in [0.2, 0.25) is 0 Å². The highest BCUT2D eigenvalue weighted by molar-refractivity contribution is 5.91. The van der Waals surface area contributed by atoms with E-state index in [1.807, 2.05) is 24.3 Å². The van der Waals surface area contributed by atoms with E-state index >= 15 is 0 Å². The monoisotopic (exact) mass is 241 g/mol. The Bertz CT molecular complexity index is 362. The minimum atomic E-state index is -0.251. The van der Waals surface area contributed by atoms with Gasteiger partial charge in [-0.1, -0.05) is 18.2 Å². The lowest BCUT2D eigenvalue weighted by molar-refractivity contribution is 0.0598. The van der Waals surface area contributed by atoms with Crippen molar-refractivity contribution in [3.8, 4) is 0 Å². The standard InChI is InChI=1S/C12H15NO2.ClH/c1-15-12(14)10-6-3-2-5-9(10)11-7-4-8-13-11;/h2-3,5-6,11,13H,4,7-8H2,1H3;1H. The van der Waals surface area contributed by atoms with Crippen LogP contribution in [0.25, 0.3) is 0 Å². The van der Waals surface area contributed by atoms with Crippen LogP contribution >= 0.6 is 12.4 Å². The van der Waals surface area contributed by atoms with Crippen LogP contribution in [0.15, 0.2) is 24.3 Å². The zero-order chi connectivity index (χ0) is 10.7. The number of carbonyl (C=O) groups is 1. The number of esters is 1. The number of ether oxygens (including phenoxy) is 1. The molecule has 1 aliphatic heterocycles. The molecular weight excluding hydrogens is 226 g/mol. The van der Waals surface area contributed by atoms with Crippen LogP contribution in [0, 0.1) is 0 Å². The van der Waals surface area contributed by atoms with Crippen LogP contribution in [-0.2, 0) is 4.74 Å². The largest absolute Gasteiger partial charge is 0.465 e. The summed E-state index contributed by atoms with van der Waals surface area (Å²) in [4.78, 5) is 11.5. The zero-order valence-corrected chi connectivity index (χ0v) is 10.0. The van der Waals surface area contributed by atoms with Crippen LogP contribution < -0.4 is 5.32 Å². The molecule has 0 spiro atoms. The van der Waals surface area contributed by atoms with Gasteiger partial charge in [-0.3, -0.25) is 0 Å². The molecule has 4 heteroatoms. The maximum Gasteiger partial charge on any atom is 0.338 e. The van der Waals surface area contributed by atoms with Crippen LogP contribution in [0.5, 0.6) is 0 Å². The first-order chi connectivity index (χ1) is 7.33. The van der Waals surface area contributed by atoms with Gasteiger partial charge in [0.1, 0.15) is 0 Å². The summed E-state index contributed by atoms with van der Waals surface area (Å²) in [5.74, 6) is -0.251. The van der Waals surface area contributed by atoms with E-state index in [9.17, 15) is 4.79 Å². The van der Waals surface area contributed by atoms with Gasteiger partial charge in [-0.25, -0.2) is 4.79 Å². The van der Waals surface area contributed by atoms with Gasteiger partial charge in [0.25, 0.3) is 0 Å². The highest BCUT2D eigenvalue weighted by atomic mass is 35.5. The number of hydrogen-bond acceptors (Lipinski definition) is 3. The lowest BCUT2D eigenvalue weighted by Crippen LogP contribution is -2.16. The molecule has 0 amide bonds. The topological polar surface area (TPSA) is 38.3 Å². The summed E-state index contributed by atoms with van der Waals surface area (Å²) < 4.78 is 4.77. The van der Waals surface area contributed by atoms with Crippen molar-refractivity contribution in [2.75, 3.05) is 13.7 Å². The van der Waals surface area contributed by atoms with Crippen molar-refractivity contribution in [3.63, 3.8) is 0 Å². The summed E-state index contributed by atoms with van der Waals surface area (Å²) in [7, 11) is 1.42. The van der Waals surface area contributed by atoms with Crippen LogP contribution in [0.3, 0.4) is 0 Å². The highest BCUT2D eigenvalue weighted by Crippen LogP contribution is 2.26. The first-order valence-electron chi connectivity index (χ1n) is 5.23. The maximum absolute atomic E-state index is 11.5. The Morgan fingerprint density at radius 1 is 1.44 bits per heavy atom. The molecule has 3 nitrogen and oxygen atoms in total. The van der Waals surface area contributed by atoms with Gasteiger partial charge in [-0.05, 0) is 31.0 Å². The van der Waals surface area contributed by atoms with E-state index in [1.165, 1.54) is 13.5 Å². The molecule has 1 atom stereocenters. The van der Waals surface area contributed by atoms with Gasteiger partial charge >= 0.3 is 5.97 Å². The van der Waals surface area contributed by atoms with Crippen molar-refractivity contribution < 1.29 is 9.53 Å². The molecule has 1 aromatic carbocycles. The third-order valence-electron chi connectivity index (χ3n) is 2.80. The van der Waals surface area contributed by atoms with Gasteiger partial charge in [-0.15, -0.1) is 12.4 Å². The fourth-order valence-corrected chi connectivity index (χ4v) is 2.05. The van der Waals surface area contributed by atoms with E-state index in [4.69, 9.17) is 4.74 Å². The highest BCUT2D eigenvalue weighted by Gasteiger charge is 2.21. The van der Waals surface area contributed by atoms with Gasteiger partial charge in [0, 0.05) is 6.04 Å². The molecule has 1 saturated heterocycles. The summed E-state index contributed by atoms with van der Waals surface area (Å²) >= 11 is 0. The Hall–Kier alpha value is -1.06. The van der Waals surface area contributed by atoms with E-state index in [0.717, 1.165) is 18.5 Å². The molecule has 2 rings (SSSR count). The van der Waals surface area contributed by atoms with Gasteiger partial charge in [-0.2, -0.15) is 0 Å². The fourth-order valence-electron chi connectivity index (χ4n) is 2.05. The first kappa shape index (κ1) is 13.0. The van der Waals surface area contributed by atoms with E-state index < -0.39 is 0 Å². The molecule has 1 fully saturated rings. The summed E-state index contributed by atoms with van der Waals surface area (Å²) in [6, 6.07) is 7.95. The van der Waals surface area contributed by atoms with Crippen molar-refractivity contribution >= 4 is 18.4 Å². The number of nitrogens with one attached hydrogen (secondary N) is 1. The molecule has 1 unspecified atom stereocenters. The number of hydrogen-bond donors (Lipinski definition) is 1. The lowest BCUT2D eigenvalue weighted by atomic mass is 9.99. The summed E-state index contributed by atoms with van der Waals surface area (Å²) in [6.07, 6.45) is 2.26. The number of rotatable bonds is 2. The SMILES string of the molecule is COC(=O)c1ccccc1C1CCCN1.Cl. The molecule has 0 aliphatic carbocycles. The lowest BCUT2D eigenvalue weighted by Gasteiger charge is -2.14. The number of halogens is 1. The van der Waals surface area contributed by atoms with Gasteiger partial charge in [0.15, 0.2) is 0 Å². The molecule has 0 saturated carbocycles. The molecule has 1 N–H and O–H groups in total. The van der Waals surface area contributed by atoms with E-state index in [1.54, 1.807) is 0 Å². The van der Waals surface area contributed by atoms with Crippen LogP contribution in [0.4, 0.5) is 0 Å². The predicted octanol–water partition coefficient (Wildman–Crippen LogP) is 2.32. The average Bonchev–Trinajstić information content (AvgIpc) is 2.81. The number of benzene rings is 1. The Kier molecular flexibility index (Phi) is 4.77. The number of methoxy groups -OCH3 is 1. The minimum Gasteiger partial charge on any atom is -0.465 e. The molecule has 1 aliphatic rings. The minimum absolute atomic E-state index is 0. The van der Waals surface area contributed by atoms with Gasteiger partial charge in [0.05, 0.1) is 12.7 Å². The van der Waals surface area contributed by atoms with Crippen molar-refractivity contribution in [2.24, 2.45) is 0 Å². The Balaban J connectivity index is 0.00000128. The quantitative estimate of drug-likeness (QED) is 0.808. The number of carbonyl (C=O) groups excluding carboxylic acids is 1. The average molecular weight is 242 g/mol. The van der Waals surface area contributed by atoms with Crippen LogP contribution in [0.2, 0.25) is 0 Å². The zero-order valence-electron chi connectivity index (χ0n) is 9.23. The predicted molar refractivity (Wildman–Crippen MR) is 65.0 cm³/mol. The Labute approximate surface area is 102 Å². The van der Waals surface area contributed by atoms with E-state index in [-0.39, 0.29) is 18.4 Å². The van der Waals surface area contributed by atoms with Crippen molar-refractivity contribution in [1.29, 1.82) is 0 Å². The fraction of sp³-hybridized carbons (Fsp3) is 0.417. The first-order valence-corrected chi connectivity index (χ1v) is 5.23.